The van der Waals surface area contributed by atoms with Gasteiger partial charge in [0, 0.05) is 13.6 Å². The van der Waals surface area contributed by atoms with Gasteiger partial charge in [-0.1, -0.05) is 42.1 Å². The summed E-state index contributed by atoms with van der Waals surface area (Å²) >= 11 is 2.72. The second-order valence-electron chi connectivity index (χ2n) is 5.36. The minimum Gasteiger partial charge on any atom is -0.351 e. The lowest BCUT2D eigenvalue weighted by Gasteiger charge is -2.13. The van der Waals surface area contributed by atoms with Crippen LogP contribution in [0.5, 0.6) is 0 Å². The van der Waals surface area contributed by atoms with Gasteiger partial charge in [0.25, 0.3) is 5.56 Å². The molecule has 124 valence electrons. The SMILES string of the molecule is C[C@@H](Sc1nc2sccc2c(=O)n1C)C(=O)NCc1ccccc1. The topological polar surface area (TPSA) is 64.0 Å². The number of carbonyl (C=O) groups is 1. The normalized spacial score (nSPS) is 12.2. The average Bonchev–Trinajstić information content (AvgIpc) is 3.06. The van der Waals surface area contributed by atoms with E-state index in [0.717, 1.165) is 5.56 Å². The van der Waals surface area contributed by atoms with Crippen molar-refractivity contribution in [1.29, 1.82) is 0 Å². The van der Waals surface area contributed by atoms with Gasteiger partial charge in [0.15, 0.2) is 5.16 Å². The molecule has 1 N–H and O–H groups in total. The van der Waals surface area contributed by atoms with Crippen molar-refractivity contribution in [1.82, 2.24) is 14.9 Å². The van der Waals surface area contributed by atoms with E-state index in [4.69, 9.17) is 0 Å². The largest absolute Gasteiger partial charge is 0.351 e. The molecule has 1 aromatic carbocycles. The summed E-state index contributed by atoms with van der Waals surface area (Å²) in [5.74, 6) is -0.0793. The summed E-state index contributed by atoms with van der Waals surface area (Å²) in [5, 5.41) is 5.59. The maximum atomic E-state index is 12.3. The molecular formula is C17H17N3O2S2. The molecule has 5 nitrogen and oxygen atoms in total. The van der Waals surface area contributed by atoms with Crippen molar-refractivity contribution in [2.45, 2.75) is 23.9 Å². The predicted molar refractivity (Wildman–Crippen MR) is 98.5 cm³/mol. The summed E-state index contributed by atoms with van der Waals surface area (Å²) in [5.41, 5.74) is 0.967. The van der Waals surface area contributed by atoms with Crippen LogP contribution in [0.2, 0.25) is 0 Å². The van der Waals surface area contributed by atoms with Crippen molar-refractivity contribution in [3.8, 4) is 0 Å². The van der Waals surface area contributed by atoms with Crippen LogP contribution in [-0.2, 0) is 18.4 Å². The Morgan fingerprint density at radius 2 is 2.08 bits per heavy atom. The second kappa shape index (κ2) is 7.19. The molecule has 0 fully saturated rings. The molecule has 0 aliphatic heterocycles. The highest BCUT2D eigenvalue weighted by atomic mass is 32.2. The van der Waals surface area contributed by atoms with E-state index in [9.17, 15) is 9.59 Å². The molecule has 0 radical (unpaired) electrons. The van der Waals surface area contributed by atoms with Gasteiger partial charge in [0.1, 0.15) is 4.83 Å². The van der Waals surface area contributed by atoms with Gasteiger partial charge in [-0.25, -0.2) is 4.98 Å². The molecule has 0 bridgehead atoms. The molecule has 0 aliphatic rings. The number of rotatable bonds is 5. The summed E-state index contributed by atoms with van der Waals surface area (Å²) in [6, 6.07) is 11.5. The highest BCUT2D eigenvalue weighted by Crippen LogP contribution is 2.23. The maximum absolute atomic E-state index is 12.3. The van der Waals surface area contributed by atoms with Gasteiger partial charge in [-0.15, -0.1) is 11.3 Å². The van der Waals surface area contributed by atoms with Crippen LogP contribution in [0.3, 0.4) is 0 Å². The first kappa shape index (κ1) is 16.7. The van der Waals surface area contributed by atoms with E-state index in [-0.39, 0.29) is 16.7 Å². The fourth-order valence-corrected chi connectivity index (χ4v) is 3.93. The third-order valence-corrected chi connectivity index (χ3v) is 5.58. The molecule has 1 atom stereocenters. The van der Waals surface area contributed by atoms with Crippen molar-refractivity contribution in [3.05, 3.63) is 57.7 Å². The summed E-state index contributed by atoms with van der Waals surface area (Å²) in [7, 11) is 1.68. The van der Waals surface area contributed by atoms with Crippen LogP contribution in [-0.4, -0.2) is 20.7 Å². The van der Waals surface area contributed by atoms with Gasteiger partial charge in [0.2, 0.25) is 5.91 Å². The fraction of sp³-hybridized carbons (Fsp3) is 0.235. The lowest BCUT2D eigenvalue weighted by molar-refractivity contribution is -0.120. The van der Waals surface area contributed by atoms with Crippen molar-refractivity contribution in [3.63, 3.8) is 0 Å². The number of amides is 1. The zero-order valence-electron chi connectivity index (χ0n) is 13.4. The van der Waals surface area contributed by atoms with Crippen molar-refractivity contribution in [2.75, 3.05) is 0 Å². The minimum atomic E-state index is -0.343. The monoisotopic (exact) mass is 359 g/mol. The molecule has 0 unspecified atom stereocenters. The molecule has 1 amide bonds. The third-order valence-electron chi connectivity index (χ3n) is 3.62. The molecular weight excluding hydrogens is 342 g/mol. The van der Waals surface area contributed by atoms with Gasteiger partial charge in [0.05, 0.1) is 10.6 Å². The summed E-state index contributed by atoms with van der Waals surface area (Å²) in [6.45, 7) is 2.30. The predicted octanol–water partition coefficient (Wildman–Crippen LogP) is 2.79. The number of benzene rings is 1. The Hall–Kier alpha value is -2.12. The van der Waals surface area contributed by atoms with E-state index < -0.39 is 0 Å². The highest BCUT2D eigenvalue weighted by molar-refractivity contribution is 8.00. The standard InChI is InChI=1S/C17H17N3O2S2/c1-11(14(21)18-10-12-6-4-3-5-7-12)24-17-19-15-13(8-9-23-15)16(22)20(17)2/h3-9,11H,10H2,1-2H3,(H,18,21)/t11-/m1/s1. The first-order chi connectivity index (χ1) is 11.6. The van der Waals surface area contributed by atoms with E-state index in [1.54, 1.807) is 13.1 Å². The van der Waals surface area contributed by atoms with Crippen LogP contribution in [0.25, 0.3) is 10.2 Å². The lowest BCUT2D eigenvalue weighted by atomic mass is 10.2. The van der Waals surface area contributed by atoms with E-state index in [0.29, 0.717) is 21.9 Å². The molecule has 0 saturated carbocycles. The third kappa shape index (κ3) is 3.52. The van der Waals surface area contributed by atoms with Crippen LogP contribution in [0.15, 0.2) is 51.7 Å². The number of hydrogen-bond donors (Lipinski definition) is 1. The number of fused-ring (bicyclic) bond motifs is 1. The number of carbonyl (C=O) groups excluding carboxylic acids is 1. The van der Waals surface area contributed by atoms with Gasteiger partial charge >= 0.3 is 0 Å². The first-order valence-corrected chi connectivity index (χ1v) is 9.24. The number of thiophene rings is 1. The van der Waals surface area contributed by atoms with Crippen LogP contribution >= 0.6 is 23.1 Å². The highest BCUT2D eigenvalue weighted by Gasteiger charge is 2.18. The smallest absolute Gasteiger partial charge is 0.262 e. The number of aromatic nitrogens is 2. The van der Waals surface area contributed by atoms with E-state index in [2.05, 4.69) is 10.3 Å². The van der Waals surface area contributed by atoms with E-state index >= 15 is 0 Å². The van der Waals surface area contributed by atoms with E-state index in [1.807, 2.05) is 42.6 Å². The van der Waals surface area contributed by atoms with Crippen LogP contribution in [0, 0.1) is 0 Å². The summed E-state index contributed by atoms with van der Waals surface area (Å²) < 4.78 is 1.50. The van der Waals surface area contributed by atoms with Crippen molar-refractivity contribution >= 4 is 39.2 Å². The molecule has 7 heteroatoms. The van der Waals surface area contributed by atoms with Crippen LogP contribution in [0.4, 0.5) is 0 Å². The Bertz CT molecular complexity index is 918. The molecule has 2 heterocycles. The average molecular weight is 359 g/mol. The van der Waals surface area contributed by atoms with Crippen LogP contribution < -0.4 is 10.9 Å². The van der Waals surface area contributed by atoms with Gasteiger partial charge in [-0.05, 0) is 23.9 Å². The zero-order valence-corrected chi connectivity index (χ0v) is 15.0. The quantitative estimate of drug-likeness (QED) is 0.562. The molecule has 24 heavy (non-hydrogen) atoms. The van der Waals surface area contributed by atoms with Gasteiger partial charge < -0.3 is 5.32 Å². The molecule has 0 saturated heterocycles. The fourth-order valence-electron chi connectivity index (χ4n) is 2.23. The maximum Gasteiger partial charge on any atom is 0.262 e. The lowest BCUT2D eigenvalue weighted by Crippen LogP contribution is -2.31. The van der Waals surface area contributed by atoms with Gasteiger partial charge in [-0.2, -0.15) is 0 Å². The van der Waals surface area contributed by atoms with Crippen molar-refractivity contribution < 1.29 is 4.79 Å². The Labute approximate surface area is 147 Å². The minimum absolute atomic E-state index is 0.0793. The Balaban J connectivity index is 1.70. The Morgan fingerprint density at radius 1 is 1.33 bits per heavy atom. The van der Waals surface area contributed by atoms with Crippen LogP contribution in [0.1, 0.15) is 12.5 Å². The van der Waals surface area contributed by atoms with E-state index in [1.165, 1.54) is 27.7 Å². The van der Waals surface area contributed by atoms with Gasteiger partial charge in [-0.3, -0.25) is 14.2 Å². The summed E-state index contributed by atoms with van der Waals surface area (Å²) in [6.07, 6.45) is 0. The Kier molecular flexibility index (Phi) is 5.01. The molecule has 0 aliphatic carbocycles. The second-order valence-corrected chi connectivity index (χ2v) is 7.56. The number of nitrogens with zero attached hydrogens (tertiary/aromatic N) is 2. The first-order valence-electron chi connectivity index (χ1n) is 7.49. The Morgan fingerprint density at radius 3 is 2.83 bits per heavy atom. The number of nitrogens with one attached hydrogen (secondary N) is 1. The zero-order chi connectivity index (χ0) is 17.1. The molecule has 3 rings (SSSR count). The molecule has 0 spiro atoms. The number of thioether (sulfide) groups is 1. The van der Waals surface area contributed by atoms with Crippen molar-refractivity contribution in [2.24, 2.45) is 7.05 Å². The number of hydrogen-bond acceptors (Lipinski definition) is 5. The molecule has 3 aromatic rings. The molecule has 2 aromatic heterocycles. The summed E-state index contributed by atoms with van der Waals surface area (Å²) in [4.78, 5) is 29.8.